The lowest BCUT2D eigenvalue weighted by Crippen LogP contribution is -2.48. The Bertz CT molecular complexity index is 1390. The van der Waals surface area contributed by atoms with Gasteiger partial charge in [0.2, 0.25) is 0 Å². The van der Waals surface area contributed by atoms with E-state index in [2.05, 4.69) is 5.32 Å². The first-order valence-corrected chi connectivity index (χ1v) is 11.6. The summed E-state index contributed by atoms with van der Waals surface area (Å²) in [6.45, 7) is -0.806. The van der Waals surface area contributed by atoms with Crippen molar-refractivity contribution in [2.24, 2.45) is 11.7 Å². The molecule has 0 bridgehead atoms. The lowest BCUT2D eigenvalue weighted by molar-refractivity contribution is -0.152. The van der Waals surface area contributed by atoms with Crippen molar-refractivity contribution in [1.29, 1.82) is 0 Å². The number of rotatable bonds is 7. The van der Waals surface area contributed by atoms with E-state index in [-0.39, 0.29) is 35.1 Å². The number of carboxylic acid groups (broad SMARTS) is 1. The molecule has 12 heteroatoms. The molecule has 2 heterocycles. The molecule has 0 unspecified atom stereocenters. The maximum atomic E-state index is 14.8. The number of nitrogens with two attached hydrogens (primary N) is 1. The van der Waals surface area contributed by atoms with Crippen LogP contribution < -0.4 is 15.8 Å². The number of ether oxygens (including phenoxy) is 1. The van der Waals surface area contributed by atoms with Crippen molar-refractivity contribution < 1.29 is 33.5 Å². The quantitative estimate of drug-likeness (QED) is 0.417. The Morgan fingerprint density at radius 1 is 1.14 bits per heavy atom. The molecule has 192 valence electrons. The van der Waals surface area contributed by atoms with Gasteiger partial charge in [-0.15, -0.1) is 0 Å². The van der Waals surface area contributed by atoms with E-state index < -0.39 is 36.6 Å². The topological polar surface area (TPSA) is 147 Å². The Balaban J connectivity index is 1.37. The van der Waals surface area contributed by atoms with Crippen LogP contribution in [0.2, 0.25) is 0 Å². The van der Waals surface area contributed by atoms with E-state index in [9.17, 15) is 23.7 Å². The zero-order valence-electron chi connectivity index (χ0n) is 19.5. The van der Waals surface area contributed by atoms with Crippen LogP contribution in [0.4, 0.5) is 19.8 Å². The molecule has 1 aromatic heterocycles. The van der Waals surface area contributed by atoms with E-state index in [1.807, 2.05) is 0 Å². The van der Waals surface area contributed by atoms with Crippen LogP contribution in [-0.2, 0) is 16.1 Å². The van der Waals surface area contributed by atoms with Crippen LogP contribution >= 0.6 is 0 Å². The van der Waals surface area contributed by atoms with E-state index in [0.29, 0.717) is 22.9 Å². The van der Waals surface area contributed by atoms with Crippen molar-refractivity contribution in [1.82, 2.24) is 14.6 Å². The molecule has 4 N–H and O–H groups in total. The number of carboxylic acids is 1. The number of amides is 4. The average Bonchev–Trinajstić information content (AvgIpc) is 3.38. The van der Waals surface area contributed by atoms with Crippen LogP contribution in [-0.4, -0.2) is 62.3 Å². The number of nitrogens with one attached hydrogen (secondary N) is 1. The fraction of sp³-hybridized carbons (Fsp3) is 0.280. The van der Waals surface area contributed by atoms with Crippen LogP contribution in [0.15, 0.2) is 54.7 Å². The van der Waals surface area contributed by atoms with Gasteiger partial charge in [0.05, 0.1) is 17.7 Å². The lowest BCUT2D eigenvalue weighted by atomic mass is 10.1. The summed E-state index contributed by atoms with van der Waals surface area (Å²) in [6, 6.07) is 10.6. The van der Waals surface area contributed by atoms with E-state index >= 15 is 0 Å². The summed E-state index contributed by atoms with van der Waals surface area (Å²) >= 11 is 0. The molecule has 2 fully saturated rings. The Morgan fingerprint density at radius 3 is 2.59 bits per heavy atom. The average molecular weight is 509 g/mol. The highest BCUT2D eigenvalue weighted by molar-refractivity contribution is 6.06. The standard InChI is InChI=1S/C25H24FN5O6/c26-30(11-14-4-2-1-3-5-14)23(34)21-9-15-8-20(15)31(21)25(36)28-18-12-29(24(27)35)19-7-6-16(10-17(18)19)37-13-22(32)33/h1-7,10,12,15,20-21H,8-9,11,13H2,(H2,27,35)(H,28,36)(H,32,33)/t15-,20-,21+/m1/s1. The second kappa shape index (κ2) is 9.45. The third-order valence-corrected chi connectivity index (χ3v) is 6.64. The highest BCUT2D eigenvalue weighted by Crippen LogP contribution is 2.48. The van der Waals surface area contributed by atoms with Gasteiger partial charge in [0.25, 0.3) is 5.91 Å². The minimum Gasteiger partial charge on any atom is -0.482 e. The third kappa shape index (κ3) is 4.77. The number of carbonyl (C=O) groups is 4. The molecule has 1 saturated heterocycles. The molecule has 1 saturated carbocycles. The van der Waals surface area contributed by atoms with Crippen molar-refractivity contribution >= 4 is 40.5 Å². The zero-order chi connectivity index (χ0) is 26.3. The predicted octanol–water partition coefficient (Wildman–Crippen LogP) is 2.94. The van der Waals surface area contributed by atoms with E-state index in [1.165, 1.54) is 29.3 Å². The van der Waals surface area contributed by atoms with Crippen molar-refractivity contribution in [3.63, 3.8) is 0 Å². The highest BCUT2D eigenvalue weighted by atomic mass is 19.2. The number of hydrogen-bond acceptors (Lipinski definition) is 5. The van der Waals surface area contributed by atoms with Crippen molar-refractivity contribution in [3.05, 3.63) is 60.3 Å². The molecule has 2 aliphatic rings. The number of halogens is 1. The first-order chi connectivity index (χ1) is 17.7. The molecule has 37 heavy (non-hydrogen) atoms. The summed E-state index contributed by atoms with van der Waals surface area (Å²) in [4.78, 5) is 50.5. The molecule has 1 aliphatic heterocycles. The first kappa shape index (κ1) is 24.1. The molecule has 3 aromatic rings. The van der Waals surface area contributed by atoms with E-state index in [4.69, 9.17) is 15.6 Å². The number of primary amides is 1. The van der Waals surface area contributed by atoms with Gasteiger partial charge in [-0.05, 0) is 42.5 Å². The van der Waals surface area contributed by atoms with E-state index in [0.717, 1.165) is 11.0 Å². The minimum atomic E-state index is -1.17. The predicted molar refractivity (Wildman–Crippen MR) is 129 cm³/mol. The second-order valence-electron chi connectivity index (χ2n) is 9.11. The molecule has 1 aliphatic carbocycles. The Kier molecular flexibility index (Phi) is 6.15. The number of piperidine rings is 1. The van der Waals surface area contributed by atoms with Crippen molar-refractivity contribution in [3.8, 4) is 5.75 Å². The van der Waals surface area contributed by atoms with Crippen LogP contribution in [0.5, 0.6) is 5.75 Å². The zero-order valence-corrected chi connectivity index (χ0v) is 19.5. The number of hydrogen-bond donors (Lipinski definition) is 3. The number of fused-ring (bicyclic) bond motifs is 2. The number of aliphatic carboxylic acids is 1. The van der Waals surface area contributed by atoms with E-state index in [1.54, 1.807) is 30.3 Å². The fourth-order valence-corrected chi connectivity index (χ4v) is 4.86. The SMILES string of the molecule is NC(=O)n1cc(NC(=O)N2[C@@H]3C[C@@H]3C[C@H]2C(=O)N(F)Cc2ccccc2)c2cc(OCC(=O)O)ccc21. The summed E-state index contributed by atoms with van der Waals surface area (Å²) in [5, 5.41) is 12.1. The smallest absolute Gasteiger partial charge is 0.341 e. The van der Waals surface area contributed by atoms with Crippen LogP contribution in [0.1, 0.15) is 18.4 Å². The Morgan fingerprint density at radius 2 is 1.89 bits per heavy atom. The molecule has 11 nitrogen and oxygen atoms in total. The van der Waals surface area contributed by atoms with Crippen LogP contribution in [0, 0.1) is 5.92 Å². The van der Waals surface area contributed by atoms with Crippen molar-refractivity contribution in [2.75, 3.05) is 11.9 Å². The molecule has 3 atom stereocenters. The number of likely N-dealkylation sites (tertiary alicyclic amines) is 1. The summed E-state index contributed by atoms with van der Waals surface area (Å²) < 4.78 is 21.2. The molecule has 5 rings (SSSR count). The number of urea groups is 1. The monoisotopic (exact) mass is 509 g/mol. The van der Waals surface area contributed by atoms with Gasteiger partial charge in [-0.3, -0.25) is 9.36 Å². The fourth-order valence-electron chi connectivity index (χ4n) is 4.86. The third-order valence-electron chi connectivity index (χ3n) is 6.64. The van der Waals surface area contributed by atoms with Gasteiger partial charge < -0.3 is 25.8 Å². The molecule has 0 radical (unpaired) electrons. The minimum absolute atomic E-state index is 0.118. The van der Waals surface area contributed by atoms with Crippen LogP contribution in [0.25, 0.3) is 10.9 Å². The van der Waals surface area contributed by atoms with Gasteiger partial charge >= 0.3 is 18.0 Å². The number of benzene rings is 2. The lowest BCUT2D eigenvalue weighted by Gasteiger charge is -2.28. The molecule has 4 amide bonds. The van der Waals surface area contributed by atoms with Gasteiger partial charge in [0.1, 0.15) is 11.8 Å². The summed E-state index contributed by atoms with van der Waals surface area (Å²) in [5.41, 5.74) is 6.66. The number of anilines is 1. The first-order valence-electron chi connectivity index (χ1n) is 11.6. The molecular formula is C25H24FN5O6. The summed E-state index contributed by atoms with van der Waals surface area (Å²) in [5.74, 6) is -1.64. The maximum Gasteiger partial charge on any atom is 0.341 e. The number of nitrogens with zero attached hydrogens (tertiary/aromatic N) is 3. The van der Waals surface area contributed by atoms with Gasteiger partial charge in [-0.2, -0.15) is 5.12 Å². The Hall–Kier alpha value is -4.61. The van der Waals surface area contributed by atoms with Crippen LogP contribution in [0.3, 0.4) is 0 Å². The second-order valence-corrected chi connectivity index (χ2v) is 9.11. The van der Waals surface area contributed by atoms with Gasteiger partial charge in [0, 0.05) is 17.6 Å². The maximum absolute atomic E-state index is 14.8. The van der Waals surface area contributed by atoms with Gasteiger partial charge in [-0.1, -0.05) is 34.8 Å². The molecular weight excluding hydrogens is 485 g/mol. The molecule has 2 aromatic carbocycles. The largest absolute Gasteiger partial charge is 0.482 e. The normalized spacial score (nSPS) is 19.8. The van der Waals surface area contributed by atoms with Gasteiger partial charge in [0.15, 0.2) is 6.61 Å². The number of carbonyl (C=O) groups excluding carboxylic acids is 3. The Labute approximate surface area is 210 Å². The number of aromatic nitrogens is 1. The summed E-state index contributed by atoms with van der Waals surface area (Å²) in [7, 11) is 0. The van der Waals surface area contributed by atoms with Gasteiger partial charge in [-0.25, -0.2) is 14.4 Å². The summed E-state index contributed by atoms with van der Waals surface area (Å²) in [6.07, 6.45) is 2.42. The highest BCUT2D eigenvalue weighted by Gasteiger charge is 2.57. The van der Waals surface area contributed by atoms with Crippen molar-refractivity contribution in [2.45, 2.75) is 31.5 Å². The molecule has 0 spiro atoms.